The molecule has 0 fully saturated rings. The minimum Gasteiger partial charge on any atom is -0.481 e. The number of aliphatic carboxylic acids is 1. The lowest BCUT2D eigenvalue weighted by Gasteiger charge is -2.06. The molecule has 0 aliphatic heterocycles. The van der Waals surface area contributed by atoms with Gasteiger partial charge in [0.25, 0.3) is 0 Å². The molecule has 2 aromatic carbocycles. The van der Waals surface area contributed by atoms with Gasteiger partial charge in [0.05, 0.1) is 4.90 Å². The molecule has 0 saturated carbocycles. The van der Waals surface area contributed by atoms with Gasteiger partial charge < -0.3 is 5.11 Å². The third kappa shape index (κ3) is 6.16. The van der Waals surface area contributed by atoms with E-state index in [0.717, 1.165) is 11.1 Å². The molecule has 0 radical (unpaired) electrons. The van der Waals surface area contributed by atoms with Gasteiger partial charge in [0.1, 0.15) is 0 Å². The van der Waals surface area contributed by atoms with Gasteiger partial charge in [-0.3, -0.25) is 9.59 Å². The Kier molecular flexibility index (Phi) is 7.04. The molecule has 0 saturated heterocycles. The highest BCUT2D eigenvalue weighted by Crippen LogP contribution is 2.13. The number of sulfonamides is 1. The van der Waals surface area contributed by atoms with Crippen LogP contribution in [0.15, 0.2) is 59.5 Å². The van der Waals surface area contributed by atoms with Gasteiger partial charge in [0.15, 0.2) is 5.78 Å². The predicted molar refractivity (Wildman–Crippen MR) is 103 cm³/mol. The van der Waals surface area contributed by atoms with Crippen molar-refractivity contribution >= 4 is 27.9 Å². The highest BCUT2D eigenvalue weighted by atomic mass is 32.2. The second-order valence-corrected chi connectivity index (χ2v) is 7.74. The first-order valence-corrected chi connectivity index (χ1v) is 9.87. The maximum absolute atomic E-state index is 12.3. The molecule has 0 aromatic heterocycles. The molecule has 0 aliphatic rings. The van der Waals surface area contributed by atoms with E-state index in [2.05, 4.69) is 4.72 Å². The summed E-state index contributed by atoms with van der Waals surface area (Å²) in [4.78, 5) is 22.7. The summed E-state index contributed by atoms with van der Waals surface area (Å²) in [6.07, 6.45) is 3.28. The van der Waals surface area contributed by atoms with Crippen LogP contribution in [-0.2, 0) is 14.8 Å². The number of nitrogens with one attached hydrogen (secondary N) is 1. The number of aryl methyl sites for hydroxylation is 1. The maximum Gasteiger partial charge on any atom is 0.303 e. The normalized spacial score (nSPS) is 11.6. The fraction of sp³-hybridized carbons (Fsp3) is 0.200. The predicted octanol–water partition coefficient (Wildman–Crippen LogP) is 3.03. The van der Waals surface area contributed by atoms with Crippen LogP contribution in [0.3, 0.4) is 0 Å². The van der Waals surface area contributed by atoms with E-state index < -0.39 is 16.0 Å². The Balaban J connectivity index is 2.02. The number of allylic oxidation sites excluding steroid dienone is 1. The molecular formula is C20H21NO5S. The summed E-state index contributed by atoms with van der Waals surface area (Å²) < 4.78 is 26.6. The first kappa shape index (κ1) is 20.5. The number of benzene rings is 2. The molecule has 2 aromatic rings. The summed E-state index contributed by atoms with van der Waals surface area (Å²) in [5.41, 5.74) is 2.37. The van der Waals surface area contributed by atoms with Gasteiger partial charge in [-0.2, -0.15) is 0 Å². The van der Waals surface area contributed by atoms with Gasteiger partial charge in [-0.05, 0) is 54.8 Å². The van der Waals surface area contributed by atoms with E-state index in [1.807, 2.05) is 31.2 Å². The van der Waals surface area contributed by atoms with Crippen LogP contribution in [0.1, 0.15) is 34.3 Å². The molecule has 0 bridgehead atoms. The van der Waals surface area contributed by atoms with Crippen molar-refractivity contribution in [2.24, 2.45) is 0 Å². The summed E-state index contributed by atoms with van der Waals surface area (Å²) in [5, 5.41) is 8.56. The molecule has 0 atom stereocenters. The van der Waals surface area contributed by atoms with Crippen molar-refractivity contribution in [3.8, 4) is 0 Å². The topological polar surface area (TPSA) is 101 Å². The van der Waals surface area contributed by atoms with Gasteiger partial charge in [-0.1, -0.05) is 30.3 Å². The lowest BCUT2D eigenvalue weighted by atomic mass is 10.1. The summed E-state index contributed by atoms with van der Waals surface area (Å²) >= 11 is 0. The van der Waals surface area contributed by atoms with E-state index in [1.165, 1.54) is 30.3 Å². The minimum absolute atomic E-state index is 0.0252. The largest absolute Gasteiger partial charge is 0.481 e. The third-order valence-corrected chi connectivity index (χ3v) is 5.39. The van der Waals surface area contributed by atoms with Crippen LogP contribution < -0.4 is 4.72 Å². The van der Waals surface area contributed by atoms with E-state index in [1.54, 1.807) is 6.08 Å². The molecular weight excluding hydrogens is 366 g/mol. The number of hydrogen-bond acceptors (Lipinski definition) is 4. The second-order valence-electron chi connectivity index (χ2n) is 5.97. The average Bonchev–Trinajstić information content (AvgIpc) is 2.64. The zero-order valence-electron chi connectivity index (χ0n) is 14.9. The average molecular weight is 387 g/mol. The lowest BCUT2D eigenvalue weighted by molar-refractivity contribution is -0.137. The Hall–Kier alpha value is -2.77. The van der Waals surface area contributed by atoms with E-state index >= 15 is 0 Å². The summed E-state index contributed by atoms with van der Waals surface area (Å²) in [7, 11) is -3.73. The van der Waals surface area contributed by atoms with Gasteiger partial charge in [-0.25, -0.2) is 13.1 Å². The molecule has 0 spiro atoms. The van der Waals surface area contributed by atoms with E-state index in [4.69, 9.17) is 5.11 Å². The zero-order valence-corrected chi connectivity index (χ0v) is 15.7. The number of hydrogen-bond donors (Lipinski definition) is 2. The fourth-order valence-electron chi connectivity index (χ4n) is 2.36. The van der Waals surface area contributed by atoms with Gasteiger partial charge >= 0.3 is 5.97 Å². The quantitative estimate of drug-likeness (QED) is 0.391. The first-order valence-electron chi connectivity index (χ1n) is 8.39. The van der Waals surface area contributed by atoms with Crippen molar-refractivity contribution in [2.75, 3.05) is 6.54 Å². The van der Waals surface area contributed by atoms with E-state index in [0.29, 0.717) is 5.56 Å². The molecule has 0 unspecified atom stereocenters. The summed E-state index contributed by atoms with van der Waals surface area (Å²) in [6.45, 7) is 1.99. The SMILES string of the molecule is Cc1ccccc1C=CC(=O)c1ccc(S(=O)(=O)NCCCC(=O)O)cc1. The molecule has 0 heterocycles. The molecule has 2 rings (SSSR count). The smallest absolute Gasteiger partial charge is 0.303 e. The van der Waals surface area contributed by atoms with Crippen LogP contribution in [-0.4, -0.2) is 31.8 Å². The van der Waals surface area contributed by atoms with Gasteiger partial charge in [0.2, 0.25) is 10.0 Å². The Morgan fingerprint density at radius 2 is 1.74 bits per heavy atom. The number of carboxylic acids is 1. The third-order valence-electron chi connectivity index (χ3n) is 3.91. The molecule has 6 nitrogen and oxygen atoms in total. The molecule has 142 valence electrons. The summed E-state index contributed by atoms with van der Waals surface area (Å²) in [6, 6.07) is 13.3. The highest BCUT2D eigenvalue weighted by Gasteiger charge is 2.14. The van der Waals surface area contributed by atoms with Crippen molar-refractivity contribution in [2.45, 2.75) is 24.7 Å². The van der Waals surface area contributed by atoms with Crippen LogP contribution in [0.5, 0.6) is 0 Å². The Labute approximate surface area is 158 Å². The van der Waals surface area contributed by atoms with Crippen LogP contribution in [0.2, 0.25) is 0 Å². The standard InChI is InChI=1S/C20H21NO5S/c1-15-5-2-3-6-16(15)10-13-19(22)17-8-11-18(12-9-17)27(25,26)21-14-4-7-20(23)24/h2-3,5-6,8-13,21H,4,7,14H2,1H3,(H,23,24). The van der Waals surface area contributed by atoms with Crippen LogP contribution >= 0.6 is 0 Å². The van der Waals surface area contributed by atoms with Crippen molar-refractivity contribution in [1.82, 2.24) is 4.72 Å². The lowest BCUT2D eigenvalue weighted by Crippen LogP contribution is -2.25. The molecule has 2 N–H and O–H groups in total. The monoisotopic (exact) mass is 387 g/mol. The highest BCUT2D eigenvalue weighted by molar-refractivity contribution is 7.89. The van der Waals surface area contributed by atoms with Crippen LogP contribution in [0.4, 0.5) is 0 Å². The zero-order chi connectivity index (χ0) is 19.9. The number of ketones is 1. The van der Waals surface area contributed by atoms with Crippen molar-refractivity contribution in [3.05, 3.63) is 71.3 Å². The summed E-state index contributed by atoms with van der Waals surface area (Å²) in [5.74, 6) is -1.20. The number of rotatable bonds is 9. The van der Waals surface area contributed by atoms with Crippen LogP contribution in [0, 0.1) is 6.92 Å². The minimum atomic E-state index is -3.73. The molecule has 27 heavy (non-hydrogen) atoms. The molecule has 0 amide bonds. The van der Waals surface area contributed by atoms with Crippen molar-refractivity contribution in [3.63, 3.8) is 0 Å². The Morgan fingerprint density at radius 3 is 2.37 bits per heavy atom. The van der Waals surface area contributed by atoms with Crippen molar-refractivity contribution in [1.29, 1.82) is 0 Å². The fourth-order valence-corrected chi connectivity index (χ4v) is 3.44. The number of carboxylic acid groups (broad SMARTS) is 1. The first-order chi connectivity index (χ1) is 12.8. The van der Waals surface area contributed by atoms with Gasteiger partial charge in [-0.15, -0.1) is 0 Å². The van der Waals surface area contributed by atoms with Gasteiger partial charge in [0, 0.05) is 18.5 Å². The molecule has 7 heteroatoms. The number of carbonyl (C=O) groups is 2. The van der Waals surface area contributed by atoms with E-state index in [9.17, 15) is 18.0 Å². The second kappa shape index (κ2) is 9.25. The van der Waals surface area contributed by atoms with E-state index in [-0.39, 0.29) is 30.1 Å². The van der Waals surface area contributed by atoms with Crippen LogP contribution in [0.25, 0.3) is 6.08 Å². The maximum atomic E-state index is 12.3. The Bertz CT molecular complexity index is 947. The number of carbonyl (C=O) groups excluding carboxylic acids is 1. The molecule has 0 aliphatic carbocycles. The van der Waals surface area contributed by atoms with Crippen molar-refractivity contribution < 1.29 is 23.1 Å². The Morgan fingerprint density at radius 1 is 1.07 bits per heavy atom.